The summed E-state index contributed by atoms with van der Waals surface area (Å²) >= 11 is 0. The van der Waals surface area contributed by atoms with Crippen LogP contribution in [0.15, 0.2) is 18.7 Å². The molecule has 0 unspecified atom stereocenters. The van der Waals surface area contributed by atoms with Gasteiger partial charge in [-0.3, -0.25) is 5.10 Å². The molecular weight excluding hydrogens is 360 g/mol. The molecule has 148 valence electrons. The lowest BCUT2D eigenvalue weighted by molar-refractivity contribution is -0.142. The van der Waals surface area contributed by atoms with E-state index in [1.165, 1.54) is 0 Å². The first-order valence-electron chi connectivity index (χ1n) is 9.67. The Morgan fingerprint density at radius 3 is 2.68 bits per heavy atom. The molecule has 1 aliphatic rings. The molecule has 1 aliphatic carbocycles. The van der Waals surface area contributed by atoms with Crippen LogP contribution in [0, 0.1) is 0 Å². The zero-order valence-electron chi connectivity index (χ0n) is 16.1. The fourth-order valence-electron chi connectivity index (χ4n) is 3.07. The summed E-state index contributed by atoms with van der Waals surface area (Å²) < 4.78 is 17.2. The van der Waals surface area contributed by atoms with Crippen LogP contribution in [0.1, 0.15) is 44.7 Å². The molecule has 9 nitrogen and oxygen atoms in total. The summed E-state index contributed by atoms with van der Waals surface area (Å²) in [5.74, 6) is 1.43. The van der Waals surface area contributed by atoms with Gasteiger partial charge in [0.1, 0.15) is 11.9 Å². The molecule has 3 aromatic heterocycles. The van der Waals surface area contributed by atoms with Crippen molar-refractivity contribution in [3.63, 3.8) is 0 Å². The van der Waals surface area contributed by atoms with Crippen molar-refractivity contribution in [2.75, 3.05) is 19.8 Å². The number of ether oxygens (including phenoxy) is 3. The lowest BCUT2D eigenvalue weighted by Gasteiger charge is -2.18. The second-order valence-electron chi connectivity index (χ2n) is 6.56. The van der Waals surface area contributed by atoms with E-state index in [0.717, 1.165) is 29.5 Å². The summed E-state index contributed by atoms with van der Waals surface area (Å²) in [5.41, 5.74) is 2.37. The Balaban J connectivity index is 1.59. The van der Waals surface area contributed by atoms with Crippen LogP contribution in [0.5, 0.6) is 5.88 Å². The Morgan fingerprint density at radius 1 is 1.11 bits per heavy atom. The van der Waals surface area contributed by atoms with Gasteiger partial charge >= 0.3 is 0 Å². The van der Waals surface area contributed by atoms with Gasteiger partial charge in [-0.05, 0) is 26.7 Å². The number of hydrogen-bond acceptors (Lipinski definition) is 8. The Morgan fingerprint density at radius 2 is 1.93 bits per heavy atom. The molecule has 0 bridgehead atoms. The monoisotopic (exact) mass is 384 g/mol. The molecule has 0 spiro atoms. The van der Waals surface area contributed by atoms with Gasteiger partial charge < -0.3 is 14.2 Å². The van der Waals surface area contributed by atoms with Crippen LogP contribution in [-0.2, 0) is 9.47 Å². The highest BCUT2D eigenvalue weighted by Gasteiger charge is 2.31. The van der Waals surface area contributed by atoms with Crippen molar-refractivity contribution < 1.29 is 14.2 Å². The topological polar surface area (TPSA) is 108 Å². The second-order valence-corrected chi connectivity index (χ2v) is 6.56. The lowest BCUT2D eigenvalue weighted by Crippen LogP contribution is -2.20. The number of H-pyrrole nitrogens is 1. The summed E-state index contributed by atoms with van der Waals surface area (Å²) in [5, 5.41) is 7.75. The van der Waals surface area contributed by atoms with Gasteiger partial charge in [-0.15, -0.1) is 0 Å². The van der Waals surface area contributed by atoms with Crippen molar-refractivity contribution in [3.8, 4) is 17.3 Å². The fraction of sp³-hybridized carbons (Fsp3) is 0.526. The third-order valence-corrected chi connectivity index (χ3v) is 4.52. The minimum atomic E-state index is -0.291. The first-order chi connectivity index (χ1) is 13.8. The summed E-state index contributed by atoms with van der Waals surface area (Å²) in [7, 11) is 0. The highest BCUT2D eigenvalue weighted by Crippen LogP contribution is 2.44. The number of nitrogens with one attached hydrogen (secondary N) is 1. The molecule has 1 fully saturated rings. The summed E-state index contributed by atoms with van der Waals surface area (Å²) in [4.78, 5) is 18.0. The summed E-state index contributed by atoms with van der Waals surface area (Å²) in [6.07, 6.45) is 7.50. The quantitative estimate of drug-likeness (QED) is 0.532. The van der Waals surface area contributed by atoms with E-state index < -0.39 is 0 Å². The molecule has 0 amide bonds. The highest BCUT2D eigenvalue weighted by molar-refractivity contribution is 5.76. The number of rotatable bonds is 10. The van der Waals surface area contributed by atoms with E-state index in [2.05, 4.69) is 30.1 Å². The Bertz CT molecular complexity index is 921. The summed E-state index contributed by atoms with van der Waals surface area (Å²) in [6.45, 7) is 5.48. The smallest absolute Gasteiger partial charge is 0.228 e. The number of hydrogen-bond donors (Lipinski definition) is 1. The van der Waals surface area contributed by atoms with Crippen LogP contribution >= 0.6 is 0 Å². The average Bonchev–Trinajstić information content (AvgIpc) is 3.45. The maximum absolute atomic E-state index is 6.01. The van der Waals surface area contributed by atoms with E-state index in [9.17, 15) is 0 Å². The highest BCUT2D eigenvalue weighted by atomic mass is 16.7. The van der Waals surface area contributed by atoms with E-state index >= 15 is 0 Å². The van der Waals surface area contributed by atoms with Gasteiger partial charge in [-0.2, -0.15) is 5.10 Å². The Hall–Kier alpha value is -2.65. The van der Waals surface area contributed by atoms with Gasteiger partial charge in [0.05, 0.1) is 23.9 Å². The van der Waals surface area contributed by atoms with Gasteiger partial charge in [0.2, 0.25) is 5.88 Å². The minimum absolute atomic E-state index is 0.291. The van der Waals surface area contributed by atoms with Crippen molar-refractivity contribution in [1.82, 2.24) is 30.1 Å². The van der Waals surface area contributed by atoms with Crippen LogP contribution in [0.2, 0.25) is 0 Å². The van der Waals surface area contributed by atoms with Gasteiger partial charge in [-0.1, -0.05) is 0 Å². The van der Waals surface area contributed by atoms with Crippen molar-refractivity contribution in [2.24, 2.45) is 0 Å². The van der Waals surface area contributed by atoms with Crippen LogP contribution in [0.25, 0.3) is 22.4 Å². The molecule has 3 aromatic rings. The predicted molar refractivity (Wildman–Crippen MR) is 102 cm³/mol. The molecule has 4 rings (SSSR count). The third-order valence-electron chi connectivity index (χ3n) is 4.52. The molecule has 28 heavy (non-hydrogen) atoms. The Labute approximate surface area is 162 Å². The number of nitrogens with zero attached hydrogens (tertiary/aromatic N) is 5. The van der Waals surface area contributed by atoms with E-state index in [1.54, 1.807) is 18.7 Å². The van der Waals surface area contributed by atoms with Crippen LogP contribution in [-0.4, -0.2) is 56.2 Å². The van der Waals surface area contributed by atoms with Gasteiger partial charge in [0, 0.05) is 31.7 Å². The van der Waals surface area contributed by atoms with Crippen molar-refractivity contribution in [2.45, 2.75) is 45.3 Å². The molecule has 0 radical (unpaired) electrons. The standard InChI is InChI=1S/C19H24N6O3/c1-3-26-14(27-4-2)7-8-28-19-15(16(12-5-6-12)21-11-22-19)18-20-9-13-10-23-25-17(13)24-18/h9-12,14H,3-8H2,1-2H3,(H,20,23,24,25). The van der Waals surface area contributed by atoms with Crippen molar-refractivity contribution in [3.05, 3.63) is 24.4 Å². The molecule has 3 heterocycles. The lowest BCUT2D eigenvalue weighted by atomic mass is 10.1. The van der Waals surface area contributed by atoms with Gasteiger partial charge in [0.15, 0.2) is 17.8 Å². The predicted octanol–water partition coefficient (Wildman–Crippen LogP) is 2.86. The van der Waals surface area contributed by atoms with E-state index in [0.29, 0.717) is 49.5 Å². The zero-order chi connectivity index (χ0) is 19.3. The first-order valence-corrected chi connectivity index (χ1v) is 9.67. The van der Waals surface area contributed by atoms with Crippen molar-refractivity contribution >= 4 is 11.0 Å². The molecule has 0 aliphatic heterocycles. The third kappa shape index (κ3) is 4.10. The van der Waals surface area contributed by atoms with Crippen molar-refractivity contribution in [1.29, 1.82) is 0 Å². The number of fused-ring (bicyclic) bond motifs is 1. The zero-order valence-corrected chi connectivity index (χ0v) is 16.1. The normalized spacial score (nSPS) is 14.1. The molecule has 9 heteroatoms. The van der Waals surface area contributed by atoms with E-state index in [1.807, 2.05) is 13.8 Å². The van der Waals surface area contributed by atoms with Crippen LogP contribution < -0.4 is 4.74 Å². The van der Waals surface area contributed by atoms with Gasteiger partial charge in [-0.25, -0.2) is 19.9 Å². The average molecular weight is 384 g/mol. The molecule has 0 saturated heterocycles. The SMILES string of the molecule is CCOC(CCOc1ncnc(C2CC2)c1-c1ncc2cn[nH]c2n1)OCC. The maximum Gasteiger partial charge on any atom is 0.228 e. The van der Waals surface area contributed by atoms with Gasteiger partial charge in [0.25, 0.3) is 0 Å². The first kappa shape index (κ1) is 18.7. The van der Waals surface area contributed by atoms with E-state index in [-0.39, 0.29) is 6.29 Å². The van der Waals surface area contributed by atoms with Crippen LogP contribution in [0.4, 0.5) is 0 Å². The largest absolute Gasteiger partial charge is 0.477 e. The molecule has 0 aromatic carbocycles. The second kappa shape index (κ2) is 8.57. The molecular formula is C19H24N6O3. The minimum Gasteiger partial charge on any atom is -0.477 e. The number of aromatic nitrogens is 6. The summed E-state index contributed by atoms with van der Waals surface area (Å²) in [6, 6.07) is 0. The fourth-order valence-corrected chi connectivity index (χ4v) is 3.07. The van der Waals surface area contributed by atoms with E-state index in [4.69, 9.17) is 14.2 Å². The molecule has 1 saturated carbocycles. The Kier molecular flexibility index (Phi) is 5.73. The van der Waals surface area contributed by atoms with Crippen LogP contribution in [0.3, 0.4) is 0 Å². The molecule has 1 N–H and O–H groups in total. The maximum atomic E-state index is 6.01. The molecule has 0 atom stereocenters. The number of aromatic amines is 1.